The van der Waals surface area contributed by atoms with E-state index in [9.17, 15) is 4.79 Å². The first-order chi connectivity index (χ1) is 7.10. The van der Waals surface area contributed by atoms with Crippen LogP contribution in [0.3, 0.4) is 0 Å². The molecule has 0 spiro atoms. The number of Topliss-reactive ketones (excluding diaryl/α,β-unsaturated/α-hetero) is 1. The lowest BCUT2D eigenvalue weighted by Crippen LogP contribution is -2.04. The van der Waals surface area contributed by atoms with Crippen molar-refractivity contribution in [1.82, 2.24) is 0 Å². The van der Waals surface area contributed by atoms with E-state index in [0.29, 0.717) is 0 Å². The van der Waals surface area contributed by atoms with Crippen LogP contribution in [-0.4, -0.2) is 5.78 Å². The Morgan fingerprint density at radius 1 is 1.47 bits per heavy atom. The molecule has 0 bridgehead atoms. The SMILES string of the molecule is CCc1cc(CBr)ccc1C(Br)C(C)=O. The zero-order valence-electron chi connectivity index (χ0n) is 8.89. The molecule has 1 rings (SSSR count). The Balaban J connectivity index is 3.12. The summed E-state index contributed by atoms with van der Waals surface area (Å²) in [6.45, 7) is 3.72. The summed E-state index contributed by atoms with van der Waals surface area (Å²) in [5.41, 5.74) is 3.58. The maximum absolute atomic E-state index is 11.3. The fraction of sp³-hybridized carbons (Fsp3) is 0.417. The third-order valence-electron chi connectivity index (χ3n) is 2.37. The van der Waals surface area contributed by atoms with Crippen molar-refractivity contribution in [1.29, 1.82) is 0 Å². The van der Waals surface area contributed by atoms with E-state index in [1.165, 1.54) is 11.1 Å². The predicted octanol–water partition coefficient (Wildman–Crippen LogP) is 4.17. The summed E-state index contributed by atoms with van der Waals surface area (Å²) in [6, 6.07) is 6.25. The zero-order valence-corrected chi connectivity index (χ0v) is 12.1. The van der Waals surface area contributed by atoms with Gasteiger partial charge in [-0.3, -0.25) is 4.79 Å². The third kappa shape index (κ3) is 3.15. The average Bonchev–Trinajstić information content (AvgIpc) is 2.27. The predicted molar refractivity (Wildman–Crippen MR) is 70.8 cm³/mol. The van der Waals surface area contributed by atoms with Gasteiger partial charge >= 0.3 is 0 Å². The van der Waals surface area contributed by atoms with Crippen LogP contribution >= 0.6 is 31.9 Å². The van der Waals surface area contributed by atoms with Crippen LogP contribution in [0.1, 0.15) is 35.4 Å². The van der Waals surface area contributed by atoms with E-state index in [-0.39, 0.29) is 10.6 Å². The Bertz CT molecular complexity index is 361. The quantitative estimate of drug-likeness (QED) is 0.756. The van der Waals surface area contributed by atoms with E-state index in [2.05, 4.69) is 50.9 Å². The first-order valence-corrected chi connectivity index (χ1v) is 6.96. The molecule has 1 aromatic carbocycles. The topological polar surface area (TPSA) is 17.1 Å². The Morgan fingerprint density at radius 2 is 2.13 bits per heavy atom. The molecular weight excluding hydrogens is 320 g/mol. The first-order valence-electron chi connectivity index (χ1n) is 4.92. The molecule has 1 atom stereocenters. The largest absolute Gasteiger partial charge is 0.298 e. The van der Waals surface area contributed by atoms with Gasteiger partial charge in [0.25, 0.3) is 0 Å². The van der Waals surface area contributed by atoms with Gasteiger partial charge in [-0.15, -0.1) is 0 Å². The molecule has 1 unspecified atom stereocenters. The van der Waals surface area contributed by atoms with Gasteiger partial charge in [-0.1, -0.05) is 57.0 Å². The van der Waals surface area contributed by atoms with Gasteiger partial charge in [-0.2, -0.15) is 0 Å². The minimum Gasteiger partial charge on any atom is -0.298 e. The van der Waals surface area contributed by atoms with Gasteiger partial charge in [-0.25, -0.2) is 0 Å². The molecular formula is C12H14Br2O. The molecule has 15 heavy (non-hydrogen) atoms. The highest BCUT2D eigenvalue weighted by Gasteiger charge is 2.15. The third-order valence-corrected chi connectivity index (χ3v) is 4.16. The maximum Gasteiger partial charge on any atom is 0.147 e. The molecule has 0 amide bonds. The van der Waals surface area contributed by atoms with Crippen molar-refractivity contribution in [3.05, 3.63) is 34.9 Å². The Kier molecular flexibility index (Phi) is 5.00. The molecule has 3 heteroatoms. The monoisotopic (exact) mass is 332 g/mol. The molecule has 0 saturated carbocycles. The lowest BCUT2D eigenvalue weighted by molar-refractivity contribution is -0.116. The fourth-order valence-electron chi connectivity index (χ4n) is 1.51. The van der Waals surface area contributed by atoms with Crippen molar-refractivity contribution in [2.75, 3.05) is 0 Å². The van der Waals surface area contributed by atoms with Gasteiger partial charge in [0.05, 0.1) is 4.83 Å². The number of benzene rings is 1. The van der Waals surface area contributed by atoms with Crippen LogP contribution in [0.15, 0.2) is 18.2 Å². The highest BCUT2D eigenvalue weighted by atomic mass is 79.9. The molecule has 0 aliphatic heterocycles. The second-order valence-corrected chi connectivity index (χ2v) is 4.97. The van der Waals surface area contributed by atoms with Gasteiger partial charge in [0, 0.05) is 5.33 Å². The van der Waals surface area contributed by atoms with Crippen molar-refractivity contribution < 1.29 is 4.79 Å². The Hall–Kier alpha value is -0.150. The van der Waals surface area contributed by atoms with Gasteiger partial charge < -0.3 is 0 Å². The summed E-state index contributed by atoms with van der Waals surface area (Å²) < 4.78 is 0. The molecule has 0 aromatic heterocycles. The summed E-state index contributed by atoms with van der Waals surface area (Å²) in [6.07, 6.45) is 0.950. The van der Waals surface area contributed by atoms with Gasteiger partial charge in [0.15, 0.2) is 0 Å². The van der Waals surface area contributed by atoms with Crippen LogP contribution in [0.2, 0.25) is 0 Å². The van der Waals surface area contributed by atoms with Crippen LogP contribution in [0.5, 0.6) is 0 Å². The highest BCUT2D eigenvalue weighted by Crippen LogP contribution is 2.28. The highest BCUT2D eigenvalue weighted by molar-refractivity contribution is 9.09. The Morgan fingerprint density at radius 3 is 2.60 bits per heavy atom. The molecule has 0 saturated heterocycles. The van der Waals surface area contributed by atoms with E-state index in [1.807, 2.05) is 6.07 Å². The molecule has 1 aromatic rings. The van der Waals surface area contributed by atoms with E-state index < -0.39 is 0 Å². The maximum atomic E-state index is 11.3. The van der Waals surface area contributed by atoms with Crippen LogP contribution in [-0.2, 0) is 16.5 Å². The van der Waals surface area contributed by atoms with Crippen LogP contribution in [0, 0.1) is 0 Å². The number of carbonyl (C=O) groups excluding carboxylic acids is 1. The van der Waals surface area contributed by atoms with Crippen molar-refractivity contribution in [3.63, 3.8) is 0 Å². The standard InChI is InChI=1S/C12H14Br2O/c1-3-10-6-9(7-13)4-5-11(10)12(14)8(2)15/h4-6,12H,3,7H2,1-2H3. The summed E-state index contributed by atoms with van der Waals surface area (Å²) in [7, 11) is 0. The van der Waals surface area contributed by atoms with Gasteiger partial charge in [-0.05, 0) is 30.0 Å². The van der Waals surface area contributed by atoms with E-state index >= 15 is 0 Å². The normalized spacial score (nSPS) is 12.5. The molecule has 0 aliphatic carbocycles. The van der Waals surface area contributed by atoms with Crippen LogP contribution in [0.25, 0.3) is 0 Å². The second kappa shape index (κ2) is 5.80. The molecule has 0 fully saturated rings. The number of carbonyl (C=O) groups is 1. The molecule has 1 nitrogen and oxygen atoms in total. The minimum absolute atomic E-state index is 0.149. The summed E-state index contributed by atoms with van der Waals surface area (Å²) >= 11 is 6.86. The van der Waals surface area contributed by atoms with Gasteiger partial charge in [0.1, 0.15) is 5.78 Å². The van der Waals surface area contributed by atoms with Crippen LogP contribution < -0.4 is 0 Å². The Labute approximate surface area is 108 Å². The molecule has 0 N–H and O–H groups in total. The molecule has 0 radical (unpaired) electrons. The van der Waals surface area contributed by atoms with Crippen molar-refractivity contribution in [2.24, 2.45) is 0 Å². The molecule has 0 aliphatic rings. The minimum atomic E-state index is -0.170. The second-order valence-electron chi connectivity index (χ2n) is 3.49. The summed E-state index contributed by atoms with van der Waals surface area (Å²) in [4.78, 5) is 11.1. The smallest absolute Gasteiger partial charge is 0.147 e. The number of aryl methyl sites for hydroxylation is 1. The number of hydrogen-bond donors (Lipinski definition) is 0. The number of halogens is 2. The lowest BCUT2D eigenvalue weighted by Gasteiger charge is -2.12. The van der Waals surface area contributed by atoms with Gasteiger partial charge in [0.2, 0.25) is 0 Å². The number of hydrogen-bond acceptors (Lipinski definition) is 1. The summed E-state index contributed by atoms with van der Waals surface area (Å²) in [5, 5.41) is 0.854. The number of rotatable bonds is 4. The van der Waals surface area contributed by atoms with E-state index in [1.54, 1.807) is 6.92 Å². The van der Waals surface area contributed by atoms with E-state index in [0.717, 1.165) is 17.3 Å². The van der Waals surface area contributed by atoms with E-state index in [4.69, 9.17) is 0 Å². The first kappa shape index (κ1) is 12.9. The number of alkyl halides is 2. The van der Waals surface area contributed by atoms with Crippen molar-refractivity contribution in [3.8, 4) is 0 Å². The number of ketones is 1. The van der Waals surface area contributed by atoms with Crippen LogP contribution in [0.4, 0.5) is 0 Å². The van der Waals surface area contributed by atoms with Crippen molar-refractivity contribution in [2.45, 2.75) is 30.4 Å². The lowest BCUT2D eigenvalue weighted by atomic mass is 9.98. The average molecular weight is 334 g/mol. The summed E-state index contributed by atoms with van der Waals surface area (Å²) in [5.74, 6) is 0.149. The molecule has 82 valence electrons. The zero-order chi connectivity index (χ0) is 11.4. The van der Waals surface area contributed by atoms with Crippen molar-refractivity contribution >= 4 is 37.6 Å². The fourth-order valence-corrected chi connectivity index (χ4v) is 2.31. The molecule has 0 heterocycles.